The number of hydrogen-bond acceptors (Lipinski definition) is 2. The van der Waals surface area contributed by atoms with Crippen molar-refractivity contribution in [2.45, 2.75) is 0 Å². The van der Waals surface area contributed by atoms with Crippen LogP contribution >= 0.6 is 57.4 Å². The van der Waals surface area contributed by atoms with Gasteiger partial charge in [0.2, 0.25) is 5.28 Å². The first-order chi connectivity index (χ1) is 4.61. The maximum atomic E-state index is 5.59. The van der Waals surface area contributed by atoms with Crippen molar-refractivity contribution in [2.24, 2.45) is 0 Å². The summed E-state index contributed by atoms with van der Waals surface area (Å²) in [4.78, 5) is 7.32. The molecule has 0 fully saturated rings. The second-order valence-corrected chi connectivity index (χ2v) is 3.52. The Bertz CT molecular complexity index is 242. The van der Waals surface area contributed by atoms with Crippen LogP contribution in [-0.2, 0) is 0 Å². The second-order valence-electron chi connectivity index (χ2n) is 1.39. The number of rotatable bonds is 0. The molecule has 0 aliphatic carbocycles. The van der Waals surface area contributed by atoms with Crippen LogP contribution in [0.1, 0.15) is 0 Å². The zero-order valence-electron chi connectivity index (χ0n) is 4.41. The Morgan fingerprint density at radius 3 is 1.80 bits per heavy atom. The van der Waals surface area contributed by atoms with Crippen molar-refractivity contribution in [1.29, 1.82) is 0 Å². The molecule has 0 bridgehead atoms. The van der Waals surface area contributed by atoms with Crippen LogP contribution in [0.15, 0.2) is 0 Å². The molecule has 1 aromatic heterocycles. The summed E-state index contributed by atoms with van der Waals surface area (Å²) < 4.78 is 0.616. The summed E-state index contributed by atoms with van der Waals surface area (Å²) in [6.07, 6.45) is 0. The van der Waals surface area contributed by atoms with Crippen molar-refractivity contribution in [3.8, 4) is 0 Å². The quantitative estimate of drug-likeness (QED) is 0.418. The van der Waals surface area contributed by atoms with E-state index in [9.17, 15) is 0 Å². The molecule has 1 heterocycles. The number of hydrogen-bond donors (Lipinski definition) is 0. The van der Waals surface area contributed by atoms with Gasteiger partial charge in [-0.15, -0.1) is 0 Å². The third-order valence-electron chi connectivity index (χ3n) is 0.743. The van der Waals surface area contributed by atoms with E-state index in [0.717, 1.165) is 0 Å². The van der Waals surface area contributed by atoms with Gasteiger partial charge < -0.3 is 0 Å². The average Bonchev–Trinajstić information content (AvgIpc) is 1.82. The third-order valence-corrected chi connectivity index (χ3v) is 3.12. The van der Waals surface area contributed by atoms with Crippen molar-refractivity contribution >= 4 is 57.4 Å². The highest BCUT2D eigenvalue weighted by atomic mass is 127. The summed E-state index contributed by atoms with van der Waals surface area (Å²) >= 11 is 18.5. The Kier molecular flexibility index (Phi) is 2.97. The summed E-state index contributed by atoms with van der Waals surface area (Å²) in [6.45, 7) is 0. The maximum Gasteiger partial charge on any atom is 0.225 e. The van der Waals surface area contributed by atoms with Crippen LogP contribution in [-0.4, -0.2) is 9.97 Å². The SMILES string of the molecule is Clc1nc(Cl)c(I)c(Cl)n1. The normalized spacial score (nSPS) is 10.0. The first-order valence-corrected chi connectivity index (χ1v) is 4.36. The first kappa shape index (κ1) is 8.77. The largest absolute Gasteiger partial charge is 0.225 e. The lowest BCUT2D eigenvalue weighted by Crippen LogP contribution is -1.88. The molecule has 0 radical (unpaired) electrons. The van der Waals surface area contributed by atoms with E-state index in [1.807, 2.05) is 22.6 Å². The van der Waals surface area contributed by atoms with Crippen molar-refractivity contribution in [1.82, 2.24) is 9.97 Å². The lowest BCUT2D eigenvalue weighted by atomic mass is 10.7. The third kappa shape index (κ3) is 1.84. The lowest BCUT2D eigenvalue weighted by Gasteiger charge is -1.96. The smallest absolute Gasteiger partial charge is 0.205 e. The summed E-state index contributed by atoms with van der Waals surface area (Å²) in [6, 6.07) is 0. The van der Waals surface area contributed by atoms with Crippen molar-refractivity contribution in [3.05, 3.63) is 19.2 Å². The average molecular weight is 309 g/mol. The first-order valence-electron chi connectivity index (χ1n) is 2.15. The molecule has 0 saturated carbocycles. The molecule has 1 rings (SSSR count). The summed E-state index contributed by atoms with van der Waals surface area (Å²) in [5.74, 6) is 0. The number of aromatic nitrogens is 2. The van der Waals surface area contributed by atoms with Crippen LogP contribution in [0, 0.1) is 3.57 Å². The highest BCUT2D eigenvalue weighted by molar-refractivity contribution is 14.1. The van der Waals surface area contributed by atoms with Gasteiger partial charge in [0.05, 0.1) is 3.57 Å². The van der Waals surface area contributed by atoms with Crippen LogP contribution < -0.4 is 0 Å². The Balaban J connectivity index is 3.31. The predicted octanol–water partition coefficient (Wildman–Crippen LogP) is 3.04. The topological polar surface area (TPSA) is 25.8 Å². The summed E-state index contributed by atoms with van der Waals surface area (Å²) in [5.41, 5.74) is 0. The zero-order valence-corrected chi connectivity index (χ0v) is 8.83. The van der Waals surface area contributed by atoms with E-state index in [4.69, 9.17) is 34.8 Å². The van der Waals surface area contributed by atoms with Gasteiger partial charge in [-0.25, -0.2) is 9.97 Å². The summed E-state index contributed by atoms with van der Waals surface area (Å²) in [5, 5.41) is 0.631. The molecule has 0 N–H and O–H groups in total. The molecule has 54 valence electrons. The lowest BCUT2D eigenvalue weighted by molar-refractivity contribution is 1.15. The van der Waals surface area contributed by atoms with E-state index >= 15 is 0 Å². The van der Waals surface area contributed by atoms with Crippen LogP contribution in [0.2, 0.25) is 15.6 Å². The Morgan fingerprint density at radius 1 is 1.00 bits per heavy atom. The van der Waals surface area contributed by atoms with E-state index in [1.165, 1.54) is 0 Å². The molecule has 0 unspecified atom stereocenters. The predicted molar refractivity (Wildman–Crippen MR) is 49.8 cm³/mol. The summed E-state index contributed by atoms with van der Waals surface area (Å²) in [7, 11) is 0. The van der Waals surface area contributed by atoms with Gasteiger partial charge >= 0.3 is 0 Å². The fourth-order valence-corrected chi connectivity index (χ4v) is 1.25. The molecule has 0 atom stereocenters. The van der Waals surface area contributed by atoms with Crippen molar-refractivity contribution in [2.75, 3.05) is 0 Å². The van der Waals surface area contributed by atoms with E-state index in [1.54, 1.807) is 0 Å². The standard InChI is InChI=1S/C4Cl3IN2/c5-2-1(8)3(6)10-4(7)9-2. The van der Waals surface area contributed by atoms with Gasteiger partial charge in [0.1, 0.15) is 10.3 Å². The second kappa shape index (κ2) is 3.38. The van der Waals surface area contributed by atoms with Crippen LogP contribution in [0.4, 0.5) is 0 Å². The molecule has 2 nitrogen and oxygen atoms in total. The molecule has 1 aromatic rings. The molecule has 0 aromatic carbocycles. The highest BCUT2D eigenvalue weighted by Crippen LogP contribution is 2.23. The highest BCUT2D eigenvalue weighted by Gasteiger charge is 2.06. The molecular formula is C4Cl3IN2. The van der Waals surface area contributed by atoms with Gasteiger partial charge in [0, 0.05) is 0 Å². The molecule has 0 amide bonds. The number of nitrogens with zero attached hydrogens (tertiary/aromatic N) is 2. The molecule has 0 aliphatic heterocycles. The van der Waals surface area contributed by atoms with Gasteiger partial charge in [-0.05, 0) is 34.2 Å². The van der Waals surface area contributed by atoms with E-state index in [2.05, 4.69) is 9.97 Å². The van der Waals surface area contributed by atoms with E-state index in [0.29, 0.717) is 3.57 Å². The van der Waals surface area contributed by atoms with E-state index in [-0.39, 0.29) is 15.6 Å². The maximum absolute atomic E-state index is 5.59. The fourth-order valence-electron chi connectivity index (χ4n) is 0.370. The van der Waals surface area contributed by atoms with Crippen molar-refractivity contribution in [3.63, 3.8) is 0 Å². The minimum atomic E-state index is 0.0652. The van der Waals surface area contributed by atoms with Gasteiger partial charge in [-0.1, -0.05) is 23.2 Å². The minimum Gasteiger partial charge on any atom is -0.205 e. The Hall–Kier alpha value is 0.680. The zero-order chi connectivity index (χ0) is 7.72. The van der Waals surface area contributed by atoms with Crippen molar-refractivity contribution < 1.29 is 0 Å². The molecule has 6 heteroatoms. The van der Waals surface area contributed by atoms with E-state index < -0.39 is 0 Å². The van der Waals surface area contributed by atoms with Gasteiger partial charge in [0.25, 0.3) is 0 Å². The Morgan fingerprint density at radius 2 is 1.40 bits per heavy atom. The minimum absolute atomic E-state index is 0.0652. The van der Waals surface area contributed by atoms with Crippen LogP contribution in [0.3, 0.4) is 0 Å². The molecule has 0 spiro atoms. The number of halogens is 4. The molecule has 0 aliphatic rings. The molecular weight excluding hydrogens is 309 g/mol. The van der Waals surface area contributed by atoms with Gasteiger partial charge in [-0.3, -0.25) is 0 Å². The van der Waals surface area contributed by atoms with Gasteiger partial charge in [0.15, 0.2) is 0 Å². The van der Waals surface area contributed by atoms with Crippen LogP contribution in [0.25, 0.3) is 0 Å². The fraction of sp³-hybridized carbons (Fsp3) is 0. The molecule has 10 heavy (non-hydrogen) atoms. The van der Waals surface area contributed by atoms with Crippen LogP contribution in [0.5, 0.6) is 0 Å². The molecule has 0 saturated heterocycles. The Labute approximate surface area is 86.0 Å². The van der Waals surface area contributed by atoms with Gasteiger partial charge in [-0.2, -0.15) is 0 Å². The monoisotopic (exact) mass is 308 g/mol.